The molecule has 2 rings (SSSR count). The Kier molecular flexibility index (Phi) is 3.94. The van der Waals surface area contributed by atoms with Crippen molar-refractivity contribution in [2.75, 3.05) is 6.54 Å². The lowest BCUT2D eigenvalue weighted by Gasteiger charge is -2.27. The Bertz CT molecular complexity index is 655. The number of tetrazole rings is 1. The monoisotopic (exact) mass is 297 g/mol. The summed E-state index contributed by atoms with van der Waals surface area (Å²) in [5, 5.41) is 20.7. The number of carboxylic acids is 1. The molecule has 0 fully saturated rings. The fourth-order valence-corrected chi connectivity index (χ4v) is 2.07. The first-order valence-electron chi connectivity index (χ1n) is 6.00. The summed E-state index contributed by atoms with van der Waals surface area (Å²) in [6.45, 7) is -0.372. The number of hydrogen-bond donors (Lipinski definition) is 2. The van der Waals surface area contributed by atoms with Gasteiger partial charge in [0.25, 0.3) is 0 Å². The van der Waals surface area contributed by atoms with E-state index in [0.717, 1.165) is 16.9 Å². The second kappa shape index (κ2) is 5.52. The SMILES string of the molecule is Cn1nnc(CC(CN)(C(=O)O)c2cc(F)cc(F)c2)n1. The Balaban J connectivity index is 2.52. The van der Waals surface area contributed by atoms with Crippen molar-refractivity contribution in [1.82, 2.24) is 20.2 Å². The van der Waals surface area contributed by atoms with Crippen molar-refractivity contribution >= 4 is 5.97 Å². The summed E-state index contributed by atoms with van der Waals surface area (Å²) in [5.41, 5.74) is 3.78. The first kappa shape index (κ1) is 15.0. The third kappa shape index (κ3) is 2.87. The van der Waals surface area contributed by atoms with Gasteiger partial charge in [-0.2, -0.15) is 4.80 Å². The van der Waals surface area contributed by atoms with Crippen molar-refractivity contribution in [3.05, 3.63) is 41.2 Å². The standard InChI is InChI=1S/C12H13F2N5O2/c1-19-17-10(16-18-19)5-12(6-15,11(20)21)7-2-8(13)4-9(14)3-7/h2-4H,5-6,15H2,1H3,(H,20,21). The van der Waals surface area contributed by atoms with E-state index in [1.807, 2.05) is 0 Å². The van der Waals surface area contributed by atoms with Crippen molar-refractivity contribution in [2.45, 2.75) is 11.8 Å². The molecule has 0 bridgehead atoms. The van der Waals surface area contributed by atoms with Crippen LogP contribution in [0.2, 0.25) is 0 Å². The molecule has 1 heterocycles. The Morgan fingerprint density at radius 2 is 2.00 bits per heavy atom. The minimum absolute atomic E-state index is 0.0811. The third-order valence-electron chi connectivity index (χ3n) is 3.18. The number of nitrogens with zero attached hydrogens (tertiary/aromatic N) is 4. The fourth-order valence-electron chi connectivity index (χ4n) is 2.07. The van der Waals surface area contributed by atoms with Crippen LogP contribution in [0.4, 0.5) is 8.78 Å². The van der Waals surface area contributed by atoms with Crippen LogP contribution in [0.5, 0.6) is 0 Å². The Morgan fingerprint density at radius 1 is 1.38 bits per heavy atom. The Hall–Kier alpha value is -2.42. The quantitative estimate of drug-likeness (QED) is 0.805. The highest BCUT2D eigenvalue weighted by Crippen LogP contribution is 2.28. The molecule has 21 heavy (non-hydrogen) atoms. The average molecular weight is 297 g/mol. The number of carboxylic acid groups (broad SMARTS) is 1. The maximum Gasteiger partial charge on any atom is 0.315 e. The molecule has 1 atom stereocenters. The van der Waals surface area contributed by atoms with Crippen molar-refractivity contribution in [1.29, 1.82) is 0 Å². The molecule has 0 radical (unpaired) electrons. The van der Waals surface area contributed by atoms with Crippen LogP contribution in [0.15, 0.2) is 18.2 Å². The zero-order valence-corrected chi connectivity index (χ0v) is 11.1. The predicted octanol–water partition coefficient (Wildman–Crippen LogP) is 0.0121. The van der Waals surface area contributed by atoms with Gasteiger partial charge in [0.15, 0.2) is 5.82 Å². The third-order valence-corrected chi connectivity index (χ3v) is 3.18. The van der Waals surface area contributed by atoms with Gasteiger partial charge in [-0.15, -0.1) is 10.2 Å². The van der Waals surface area contributed by atoms with Crippen LogP contribution in [0.25, 0.3) is 0 Å². The summed E-state index contributed by atoms with van der Waals surface area (Å²) in [5.74, 6) is -2.95. The van der Waals surface area contributed by atoms with Gasteiger partial charge in [0.1, 0.15) is 17.0 Å². The normalized spacial score (nSPS) is 13.9. The Morgan fingerprint density at radius 3 is 2.43 bits per heavy atom. The summed E-state index contributed by atoms with van der Waals surface area (Å²) < 4.78 is 26.8. The van der Waals surface area contributed by atoms with Gasteiger partial charge in [0.2, 0.25) is 0 Å². The van der Waals surface area contributed by atoms with Crippen LogP contribution >= 0.6 is 0 Å². The lowest BCUT2D eigenvalue weighted by molar-refractivity contribution is -0.143. The smallest absolute Gasteiger partial charge is 0.315 e. The van der Waals surface area contributed by atoms with Crippen molar-refractivity contribution in [3.8, 4) is 0 Å². The second-order valence-electron chi connectivity index (χ2n) is 4.62. The van der Waals surface area contributed by atoms with E-state index in [2.05, 4.69) is 15.4 Å². The van der Waals surface area contributed by atoms with Crippen LogP contribution in [-0.2, 0) is 23.7 Å². The number of carbonyl (C=O) groups is 1. The average Bonchev–Trinajstić information content (AvgIpc) is 2.79. The molecule has 0 aliphatic rings. The number of nitrogens with two attached hydrogens (primary N) is 1. The first-order valence-corrected chi connectivity index (χ1v) is 6.00. The zero-order valence-electron chi connectivity index (χ0n) is 11.1. The largest absolute Gasteiger partial charge is 0.481 e. The number of rotatable bonds is 5. The molecule has 3 N–H and O–H groups in total. The zero-order chi connectivity index (χ0) is 15.6. The van der Waals surface area contributed by atoms with Gasteiger partial charge in [-0.3, -0.25) is 4.79 Å². The summed E-state index contributed by atoms with van der Waals surface area (Å²) in [7, 11) is 1.52. The molecule has 1 aromatic carbocycles. The van der Waals surface area contributed by atoms with E-state index in [1.165, 1.54) is 7.05 Å². The van der Waals surface area contributed by atoms with Gasteiger partial charge < -0.3 is 10.8 Å². The van der Waals surface area contributed by atoms with E-state index < -0.39 is 23.0 Å². The maximum atomic E-state index is 13.4. The molecule has 2 aromatic rings. The minimum Gasteiger partial charge on any atom is -0.481 e. The summed E-state index contributed by atoms with van der Waals surface area (Å²) in [4.78, 5) is 12.8. The second-order valence-corrected chi connectivity index (χ2v) is 4.62. The molecular formula is C12H13F2N5O2. The molecule has 1 unspecified atom stereocenters. The maximum absolute atomic E-state index is 13.4. The molecule has 0 amide bonds. The molecule has 112 valence electrons. The molecule has 7 nitrogen and oxygen atoms in total. The van der Waals surface area contributed by atoms with E-state index in [-0.39, 0.29) is 24.4 Å². The number of aromatic nitrogens is 4. The lowest BCUT2D eigenvalue weighted by Crippen LogP contribution is -2.45. The number of halogens is 2. The predicted molar refractivity (Wildman–Crippen MR) is 67.2 cm³/mol. The summed E-state index contributed by atoms with van der Waals surface area (Å²) in [6, 6.07) is 2.55. The summed E-state index contributed by atoms with van der Waals surface area (Å²) in [6.07, 6.45) is -0.227. The molecule has 0 saturated carbocycles. The van der Waals surface area contributed by atoms with Gasteiger partial charge >= 0.3 is 5.97 Å². The van der Waals surface area contributed by atoms with Crippen LogP contribution in [0.1, 0.15) is 11.4 Å². The Labute approximate surface area is 118 Å². The first-order chi connectivity index (χ1) is 9.87. The van der Waals surface area contributed by atoms with E-state index in [9.17, 15) is 18.7 Å². The number of aryl methyl sites for hydroxylation is 1. The van der Waals surface area contributed by atoms with Crippen LogP contribution in [0.3, 0.4) is 0 Å². The van der Waals surface area contributed by atoms with E-state index in [1.54, 1.807) is 0 Å². The molecule has 0 spiro atoms. The topological polar surface area (TPSA) is 107 Å². The lowest BCUT2D eigenvalue weighted by atomic mass is 9.77. The molecular weight excluding hydrogens is 284 g/mol. The number of hydrogen-bond acceptors (Lipinski definition) is 5. The van der Waals surface area contributed by atoms with Gasteiger partial charge in [-0.1, -0.05) is 0 Å². The van der Waals surface area contributed by atoms with Crippen LogP contribution in [0, 0.1) is 11.6 Å². The van der Waals surface area contributed by atoms with Gasteiger partial charge in [0.05, 0.1) is 7.05 Å². The molecule has 0 saturated heterocycles. The molecule has 9 heteroatoms. The number of benzene rings is 1. The highest BCUT2D eigenvalue weighted by atomic mass is 19.1. The highest BCUT2D eigenvalue weighted by molar-refractivity contribution is 5.82. The van der Waals surface area contributed by atoms with Crippen LogP contribution in [-0.4, -0.2) is 37.8 Å². The fraction of sp³-hybridized carbons (Fsp3) is 0.333. The van der Waals surface area contributed by atoms with E-state index in [0.29, 0.717) is 6.07 Å². The molecule has 0 aliphatic carbocycles. The van der Waals surface area contributed by atoms with Crippen molar-refractivity contribution in [3.63, 3.8) is 0 Å². The van der Waals surface area contributed by atoms with Gasteiger partial charge in [0, 0.05) is 19.0 Å². The summed E-state index contributed by atoms with van der Waals surface area (Å²) >= 11 is 0. The number of aliphatic carboxylic acids is 1. The van der Waals surface area contributed by atoms with E-state index in [4.69, 9.17) is 5.73 Å². The minimum atomic E-state index is -1.73. The highest BCUT2D eigenvalue weighted by Gasteiger charge is 2.41. The van der Waals surface area contributed by atoms with Crippen molar-refractivity contribution < 1.29 is 18.7 Å². The van der Waals surface area contributed by atoms with Gasteiger partial charge in [-0.25, -0.2) is 8.78 Å². The van der Waals surface area contributed by atoms with E-state index >= 15 is 0 Å². The van der Waals surface area contributed by atoms with Crippen LogP contribution < -0.4 is 5.73 Å². The van der Waals surface area contributed by atoms with Gasteiger partial charge in [-0.05, 0) is 22.9 Å². The molecule has 0 aliphatic heterocycles. The van der Waals surface area contributed by atoms with Crippen molar-refractivity contribution in [2.24, 2.45) is 12.8 Å². The molecule has 1 aromatic heterocycles.